The number of nitrogens with zero attached hydrogens (tertiary/aromatic N) is 3. The normalized spacial score (nSPS) is 11.3. The molecule has 2 heterocycles. The maximum absolute atomic E-state index is 5.58. The Morgan fingerprint density at radius 3 is 2.89 bits per heavy atom. The van der Waals surface area contributed by atoms with E-state index in [2.05, 4.69) is 46.3 Å². The first-order valence-corrected chi connectivity index (χ1v) is 6.53. The summed E-state index contributed by atoms with van der Waals surface area (Å²) < 4.78 is 4.11. The first-order chi connectivity index (χ1) is 9.28. The minimum atomic E-state index is 0.691. The van der Waals surface area contributed by atoms with Crippen molar-refractivity contribution in [3.8, 4) is 0 Å². The fourth-order valence-electron chi connectivity index (χ4n) is 2.48. The van der Waals surface area contributed by atoms with Gasteiger partial charge in [-0.3, -0.25) is 4.68 Å². The Kier molecular flexibility index (Phi) is 3.09. The number of aryl methyl sites for hydroxylation is 1. The summed E-state index contributed by atoms with van der Waals surface area (Å²) in [6, 6.07) is 10.5. The van der Waals surface area contributed by atoms with Crippen LogP contribution >= 0.6 is 0 Å². The van der Waals surface area contributed by atoms with Gasteiger partial charge in [-0.05, 0) is 30.7 Å². The molecule has 98 valence electrons. The average molecular weight is 254 g/mol. The number of para-hydroxylation sites is 1. The Bertz CT molecular complexity index is 693. The summed E-state index contributed by atoms with van der Waals surface area (Å²) in [6.07, 6.45) is 5.17. The van der Waals surface area contributed by atoms with Crippen LogP contribution in [0.5, 0.6) is 0 Å². The van der Waals surface area contributed by atoms with E-state index in [-0.39, 0.29) is 0 Å². The number of hydrogen-bond donors (Lipinski definition) is 1. The highest BCUT2D eigenvalue weighted by Gasteiger charge is 2.08. The van der Waals surface area contributed by atoms with Gasteiger partial charge in [0.1, 0.15) is 0 Å². The number of nitrogens with two attached hydrogens (primary N) is 1. The van der Waals surface area contributed by atoms with Gasteiger partial charge in [-0.2, -0.15) is 5.10 Å². The lowest BCUT2D eigenvalue weighted by molar-refractivity contribution is 0.720. The van der Waals surface area contributed by atoms with Crippen LogP contribution in [0, 0.1) is 0 Å². The first-order valence-electron chi connectivity index (χ1n) is 6.53. The maximum atomic E-state index is 5.58. The van der Waals surface area contributed by atoms with Gasteiger partial charge in [-0.1, -0.05) is 18.2 Å². The summed E-state index contributed by atoms with van der Waals surface area (Å²) in [7, 11) is 1.99. The molecular weight excluding hydrogens is 236 g/mol. The van der Waals surface area contributed by atoms with Gasteiger partial charge >= 0.3 is 0 Å². The third-order valence-electron chi connectivity index (χ3n) is 3.41. The van der Waals surface area contributed by atoms with Crippen LogP contribution in [0.15, 0.2) is 42.7 Å². The number of fused-ring (bicyclic) bond motifs is 1. The molecule has 3 aromatic rings. The van der Waals surface area contributed by atoms with Crippen molar-refractivity contribution in [3.63, 3.8) is 0 Å². The third kappa shape index (κ3) is 2.27. The van der Waals surface area contributed by atoms with Gasteiger partial charge < -0.3 is 10.3 Å². The summed E-state index contributed by atoms with van der Waals surface area (Å²) in [4.78, 5) is 0. The second kappa shape index (κ2) is 4.90. The molecular formula is C15H18N4. The average Bonchev–Trinajstić information content (AvgIpc) is 2.97. The van der Waals surface area contributed by atoms with Crippen molar-refractivity contribution in [2.24, 2.45) is 12.8 Å². The van der Waals surface area contributed by atoms with Crippen LogP contribution in [0.2, 0.25) is 0 Å². The molecule has 1 aromatic carbocycles. The Hall–Kier alpha value is -2.07. The van der Waals surface area contributed by atoms with Crippen LogP contribution < -0.4 is 5.73 Å². The molecule has 0 fully saturated rings. The van der Waals surface area contributed by atoms with Gasteiger partial charge in [-0.25, -0.2) is 0 Å². The minimum absolute atomic E-state index is 0.691. The van der Waals surface area contributed by atoms with Crippen molar-refractivity contribution >= 4 is 10.9 Å². The summed E-state index contributed by atoms with van der Waals surface area (Å²) in [5.41, 5.74) is 9.13. The van der Waals surface area contributed by atoms with Crippen molar-refractivity contribution in [2.45, 2.75) is 13.0 Å². The van der Waals surface area contributed by atoms with Crippen LogP contribution in [0.3, 0.4) is 0 Å². The zero-order valence-corrected chi connectivity index (χ0v) is 11.1. The van der Waals surface area contributed by atoms with E-state index in [4.69, 9.17) is 5.73 Å². The Balaban J connectivity index is 1.92. The van der Waals surface area contributed by atoms with Crippen LogP contribution in [0.4, 0.5) is 0 Å². The molecule has 0 aliphatic carbocycles. The smallest absolute Gasteiger partial charge is 0.0900 e. The molecule has 3 rings (SSSR count). The molecule has 0 saturated heterocycles. The van der Waals surface area contributed by atoms with E-state index in [1.54, 1.807) is 0 Å². The lowest BCUT2D eigenvalue weighted by Gasteiger charge is -2.00. The summed E-state index contributed by atoms with van der Waals surface area (Å²) in [6.45, 7) is 1.49. The van der Waals surface area contributed by atoms with Gasteiger partial charge in [0.05, 0.1) is 17.8 Å². The van der Waals surface area contributed by atoms with E-state index in [0.717, 1.165) is 18.7 Å². The van der Waals surface area contributed by atoms with Gasteiger partial charge in [0.2, 0.25) is 0 Å². The van der Waals surface area contributed by atoms with Crippen LogP contribution in [-0.4, -0.2) is 20.9 Å². The van der Waals surface area contributed by atoms with E-state index < -0.39 is 0 Å². The predicted octanol–water partition coefficient (Wildman–Crippen LogP) is 1.92. The predicted molar refractivity (Wildman–Crippen MR) is 77.0 cm³/mol. The minimum Gasteiger partial charge on any atom is -0.348 e. The molecule has 19 heavy (non-hydrogen) atoms. The Morgan fingerprint density at radius 2 is 2.05 bits per heavy atom. The summed E-state index contributed by atoms with van der Waals surface area (Å²) in [5.74, 6) is 0. The SMILES string of the molecule is Cn1nc(Cn2ccc(CCN)c2)c2ccccc21. The zero-order chi connectivity index (χ0) is 13.2. The maximum Gasteiger partial charge on any atom is 0.0900 e. The molecule has 0 spiro atoms. The molecule has 0 unspecified atom stereocenters. The van der Waals surface area contributed by atoms with E-state index in [9.17, 15) is 0 Å². The van der Waals surface area contributed by atoms with Gasteiger partial charge in [0, 0.05) is 24.8 Å². The molecule has 0 radical (unpaired) electrons. The molecule has 2 aromatic heterocycles. The summed E-state index contributed by atoms with van der Waals surface area (Å²) in [5, 5.41) is 5.83. The molecule has 0 atom stereocenters. The number of rotatable bonds is 4. The van der Waals surface area contributed by atoms with Gasteiger partial charge in [0.25, 0.3) is 0 Å². The van der Waals surface area contributed by atoms with Crippen LogP contribution in [0.1, 0.15) is 11.3 Å². The standard InChI is InChI=1S/C15H18N4/c1-18-15-5-3-2-4-13(15)14(17-18)11-19-9-7-12(10-19)6-8-16/h2-5,7,9-10H,6,8,11,16H2,1H3. The molecule has 0 aliphatic rings. The molecule has 0 saturated carbocycles. The third-order valence-corrected chi connectivity index (χ3v) is 3.41. The lowest BCUT2D eigenvalue weighted by atomic mass is 10.2. The first kappa shape index (κ1) is 12.0. The van der Waals surface area contributed by atoms with Crippen LogP contribution in [0.25, 0.3) is 10.9 Å². The summed E-state index contributed by atoms with van der Waals surface area (Å²) >= 11 is 0. The molecule has 2 N–H and O–H groups in total. The largest absolute Gasteiger partial charge is 0.348 e. The zero-order valence-electron chi connectivity index (χ0n) is 11.1. The highest BCUT2D eigenvalue weighted by atomic mass is 15.3. The van der Waals surface area contributed by atoms with Crippen molar-refractivity contribution in [1.29, 1.82) is 0 Å². The molecule has 4 heteroatoms. The topological polar surface area (TPSA) is 48.8 Å². The van der Waals surface area contributed by atoms with Crippen molar-refractivity contribution in [1.82, 2.24) is 14.3 Å². The van der Waals surface area contributed by atoms with E-state index in [1.165, 1.54) is 16.5 Å². The molecule has 4 nitrogen and oxygen atoms in total. The number of benzene rings is 1. The molecule has 0 bridgehead atoms. The van der Waals surface area contributed by atoms with Crippen LogP contribution in [-0.2, 0) is 20.0 Å². The highest BCUT2D eigenvalue weighted by Crippen LogP contribution is 2.18. The Labute approximate surface area is 112 Å². The van der Waals surface area contributed by atoms with Gasteiger partial charge in [-0.15, -0.1) is 0 Å². The quantitative estimate of drug-likeness (QED) is 0.773. The molecule has 0 aliphatic heterocycles. The lowest BCUT2D eigenvalue weighted by Crippen LogP contribution is -2.02. The van der Waals surface area contributed by atoms with Crippen molar-refractivity contribution in [2.75, 3.05) is 6.54 Å². The van der Waals surface area contributed by atoms with E-state index in [0.29, 0.717) is 6.54 Å². The van der Waals surface area contributed by atoms with E-state index >= 15 is 0 Å². The second-order valence-electron chi connectivity index (χ2n) is 4.82. The fourth-order valence-corrected chi connectivity index (χ4v) is 2.48. The fraction of sp³-hybridized carbons (Fsp3) is 0.267. The number of aromatic nitrogens is 3. The molecule has 0 amide bonds. The Morgan fingerprint density at radius 1 is 1.21 bits per heavy atom. The number of hydrogen-bond acceptors (Lipinski definition) is 2. The van der Waals surface area contributed by atoms with Crippen molar-refractivity contribution < 1.29 is 0 Å². The monoisotopic (exact) mass is 254 g/mol. The van der Waals surface area contributed by atoms with Crippen molar-refractivity contribution in [3.05, 3.63) is 54.0 Å². The van der Waals surface area contributed by atoms with E-state index in [1.807, 2.05) is 17.8 Å². The van der Waals surface area contributed by atoms with Gasteiger partial charge in [0.15, 0.2) is 0 Å². The highest BCUT2D eigenvalue weighted by molar-refractivity contribution is 5.81. The second-order valence-corrected chi connectivity index (χ2v) is 4.82.